The summed E-state index contributed by atoms with van der Waals surface area (Å²) in [6.45, 7) is 10.2. The molecule has 1 aromatic carbocycles. The fourth-order valence-electron chi connectivity index (χ4n) is 3.77. The van der Waals surface area contributed by atoms with E-state index in [4.69, 9.17) is 0 Å². The van der Waals surface area contributed by atoms with E-state index in [1.807, 2.05) is 13.8 Å². The Morgan fingerprint density at radius 3 is 2.42 bits per heavy atom. The lowest BCUT2D eigenvalue weighted by atomic mass is 9.74. The summed E-state index contributed by atoms with van der Waals surface area (Å²) in [4.78, 5) is 14.1. The highest BCUT2D eigenvalue weighted by molar-refractivity contribution is 5.51. The number of aromatic hydroxyl groups is 2. The molecule has 2 atom stereocenters. The van der Waals surface area contributed by atoms with Crippen LogP contribution in [0.15, 0.2) is 10.9 Å². The first-order valence-corrected chi connectivity index (χ1v) is 8.73. The lowest BCUT2D eigenvalue weighted by molar-refractivity contribution is -0.0336. The first kappa shape index (κ1) is 18.7. The van der Waals surface area contributed by atoms with Gasteiger partial charge in [0, 0.05) is 12.1 Å². The third kappa shape index (κ3) is 3.57. The number of fused-ring (bicyclic) bond motifs is 1. The van der Waals surface area contributed by atoms with Crippen LogP contribution in [0.3, 0.4) is 0 Å². The molecule has 2 rings (SSSR count). The van der Waals surface area contributed by atoms with Gasteiger partial charge in [-0.15, -0.1) is 0 Å². The van der Waals surface area contributed by atoms with E-state index in [-0.39, 0.29) is 11.7 Å². The molecule has 1 aromatic rings. The Hall–Kier alpha value is -1.59. The number of hydrogen-bond donors (Lipinski definition) is 3. The number of aryl methyl sites for hydroxylation is 1. The van der Waals surface area contributed by atoms with Gasteiger partial charge in [-0.3, -0.25) is 4.79 Å². The number of rotatable bonds is 5. The summed E-state index contributed by atoms with van der Waals surface area (Å²) in [5.74, 6) is -0.832. The van der Waals surface area contributed by atoms with Crippen molar-refractivity contribution in [1.82, 2.24) is 4.90 Å². The predicted molar refractivity (Wildman–Crippen MR) is 94.7 cm³/mol. The van der Waals surface area contributed by atoms with Gasteiger partial charge in [0.25, 0.3) is 0 Å². The van der Waals surface area contributed by atoms with E-state index in [1.54, 1.807) is 0 Å². The van der Waals surface area contributed by atoms with Crippen molar-refractivity contribution < 1.29 is 15.3 Å². The molecule has 5 heteroatoms. The van der Waals surface area contributed by atoms with Gasteiger partial charge in [-0.1, -0.05) is 13.8 Å². The molecule has 1 unspecified atom stereocenters. The van der Waals surface area contributed by atoms with Crippen molar-refractivity contribution in [2.75, 3.05) is 19.6 Å². The Bertz CT molecular complexity index is 665. The monoisotopic (exact) mass is 335 g/mol. The summed E-state index contributed by atoms with van der Waals surface area (Å²) in [6.07, 6.45) is 1.85. The molecule has 5 nitrogen and oxygen atoms in total. The van der Waals surface area contributed by atoms with E-state index >= 15 is 0 Å². The minimum Gasteiger partial charge on any atom is -0.504 e. The SMILES string of the molecule is CCN(CC)CC(C)(O)[C@H]1CCc2c(O)c(O)c(=O)cc(C)c2C1. The van der Waals surface area contributed by atoms with Gasteiger partial charge in [0.05, 0.1) is 5.60 Å². The fraction of sp³-hybridized carbons (Fsp3) is 0.632. The minimum atomic E-state index is -0.845. The highest BCUT2D eigenvalue weighted by atomic mass is 16.3. The third-order valence-corrected chi connectivity index (χ3v) is 5.44. The maximum Gasteiger partial charge on any atom is 0.224 e. The molecule has 0 spiro atoms. The van der Waals surface area contributed by atoms with Crippen molar-refractivity contribution >= 4 is 0 Å². The molecular formula is C19H29NO4. The Labute approximate surface area is 143 Å². The maximum absolute atomic E-state index is 11.9. The lowest BCUT2D eigenvalue weighted by Crippen LogP contribution is -2.48. The van der Waals surface area contributed by atoms with Crippen LogP contribution in [0, 0.1) is 12.8 Å². The molecule has 0 heterocycles. The van der Waals surface area contributed by atoms with Crippen LogP contribution >= 0.6 is 0 Å². The molecule has 0 fully saturated rings. The first-order valence-electron chi connectivity index (χ1n) is 8.73. The molecule has 24 heavy (non-hydrogen) atoms. The van der Waals surface area contributed by atoms with Gasteiger partial charge in [-0.2, -0.15) is 0 Å². The third-order valence-electron chi connectivity index (χ3n) is 5.44. The molecule has 1 aliphatic carbocycles. The molecule has 0 aromatic heterocycles. The average Bonchev–Trinajstić information content (AvgIpc) is 2.64. The molecule has 1 aliphatic rings. The van der Waals surface area contributed by atoms with Gasteiger partial charge in [0.1, 0.15) is 0 Å². The van der Waals surface area contributed by atoms with E-state index in [1.165, 1.54) is 6.07 Å². The zero-order valence-electron chi connectivity index (χ0n) is 15.1. The average molecular weight is 335 g/mol. The van der Waals surface area contributed by atoms with Crippen LogP contribution in [0.5, 0.6) is 11.5 Å². The van der Waals surface area contributed by atoms with Crippen LogP contribution < -0.4 is 5.43 Å². The molecule has 0 radical (unpaired) electrons. The first-order chi connectivity index (χ1) is 11.2. The van der Waals surface area contributed by atoms with Crippen molar-refractivity contribution in [2.24, 2.45) is 5.92 Å². The van der Waals surface area contributed by atoms with Crippen molar-refractivity contribution in [2.45, 2.75) is 52.6 Å². The number of hydrogen-bond acceptors (Lipinski definition) is 5. The Kier molecular flexibility index (Phi) is 5.56. The Morgan fingerprint density at radius 2 is 1.83 bits per heavy atom. The van der Waals surface area contributed by atoms with Gasteiger partial charge in [0.15, 0.2) is 5.75 Å². The van der Waals surface area contributed by atoms with Crippen LogP contribution in [-0.2, 0) is 12.8 Å². The van der Waals surface area contributed by atoms with E-state index < -0.39 is 16.8 Å². The molecule has 0 saturated heterocycles. The molecule has 0 saturated carbocycles. The van der Waals surface area contributed by atoms with Crippen LogP contribution in [0.25, 0.3) is 0 Å². The maximum atomic E-state index is 11.9. The van der Waals surface area contributed by atoms with E-state index in [2.05, 4.69) is 18.7 Å². The predicted octanol–water partition coefficient (Wildman–Crippen LogP) is 1.96. The largest absolute Gasteiger partial charge is 0.504 e. The quantitative estimate of drug-likeness (QED) is 0.766. The van der Waals surface area contributed by atoms with Gasteiger partial charge >= 0.3 is 0 Å². The number of likely N-dealkylation sites (N-methyl/N-ethyl adjacent to an activating group) is 1. The highest BCUT2D eigenvalue weighted by Crippen LogP contribution is 2.39. The summed E-state index contributed by atoms with van der Waals surface area (Å²) in [5, 5.41) is 31.0. The summed E-state index contributed by atoms with van der Waals surface area (Å²) >= 11 is 0. The van der Waals surface area contributed by atoms with Crippen molar-refractivity contribution in [3.63, 3.8) is 0 Å². The van der Waals surface area contributed by atoms with Crippen LogP contribution in [-0.4, -0.2) is 45.5 Å². The van der Waals surface area contributed by atoms with E-state index in [0.717, 1.165) is 24.2 Å². The van der Waals surface area contributed by atoms with Crippen LogP contribution in [0.2, 0.25) is 0 Å². The molecule has 0 amide bonds. The summed E-state index contributed by atoms with van der Waals surface area (Å²) in [5.41, 5.74) is 0.866. The van der Waals surface area contributed by atoms with E-state index in [9.17, 15) is 20.1 Å². The van der Waals surface area contributed by atoms with Gasteiger partial charge in [-0.25, -0.2) is 0 Å². The molecule has 134 valence electrons. The summed E-state index contributed by atoms with van der Waals surface area (Å²) in [7, 11) is 0. The second kappa shape index (κ2) is 7.11. The smallest absolute Gasteiger partial charge is 0.224 e. The fourth-order valence-corrected chi connectivity index (χ4v) is 3.77. The summed E-state index contributed by atoms with van der Waals surface area (Å²) < 4.78 is 0. The van der Waals surface area contributed by atoms with Crippen molar-refractivity contribution in [3.05, 3.63) is 33.0 Å². The Balaban J connectivity index is 2.37. The molecular weight excluding hydrogens is 306 g/mol. The zero-order chi connectivity index (χ0) is 18.1. The van der Waals surface area contributed by atoms with Crippen molar-refractivity contribution in [1.29, 1.82) is 0 Å². The van der Waals surface area contributed by atoms with Gasteiger partial charge in [0.2, 0.25) is 11.2 Å². The van der Waals surface area contributed by atoms with Crippen molar-refractivity contribution in [3.8, 4) is 11.5 Å². The number of aliphatic hydroxyl groups is 1. The minimum absolute atomic E-state index is 0.0448. The molecule has 0 bridgehead atoms. The lowest BCUT2D eigenvalue weighted by Gasteiger charge is -2.39. The summed E-state index contributed by atoms with van der Waals surface area (Å²) in [6, 6.07) is 1.37. The van der Waals surface area contributed by atoms with E-state index in [0.29, 0.717) is 31.4 Å². The van der Waals surface area contributed by atoms with Crippen LogP contribution in [0.4, 0.5) is 0 Å². The molecule has 3 N–H and O–H groups in total. The topological polar surface area (TPSA) is 81.0 Å². The second-order valence-electron chi connectivity index (χ2n) is 7.10. The second-order valence-corrected chi connectivity index (χ2v) is 7.10. The Morgan fingerprint density at radius 1 is 1.21 bits per heavy atom. The zero-order valence-corrected chi connectivity index (χ0v) is 15.1. The molecule has 0 aliphatic heterocycles. The normalized spacial score (nSPS) is 19.8. The number of nitrogens with zero attached hydrogens (tertiary/aromatic N) is 1. The van der Waals surface area contributed by atoms with Crippen LogP contribution in [0.1, 0.15) is 43.9 Å². The van der Waals surface area contributed by atoms with Gasteiger partial charge in [-0.05, 0) is 69.3 Å². The standard InChI is InChI=1S/C19H29NO4/c1-5-20(6-2)11-19(4,24)13-7-8-14-15(10-13)12(3)9-16(21)18(23)17(14)22/h9,13,24H,5-8,10-11H2,1-4H3,(H2,21,22,23)/t13-,19?/m0/s1. The highest BCUT2D eigenvalue weighted by Gasteiger charge is 2.36. The van der Waals surface area contributed by atoms with Gasteiger partial charge < -0.3 is 20.2 Å².